The number of rotatable bonds is 11. The van der Waals surface area contributed by atoms with Crippen molar-refractivity contribution in [1.82, 2.24) is 0 Å². The Morgan fingerprint density at radius 1 is 1.09 bits per heavy atom. The highest BCUT2D eigenvalue weighted by Crippen LogP contribution is 2.42. The number of hydrogen-bond acceptors (Lipinski definition) is 1. The summed E-state index contributed by atoms with van der Waals surface area (Å²) >= 11 is 0. The van der Waals surface area contributed by atoms with Crippen LogP contribution in [0.5, 0.6) is 0 Å². The summed E-state index contributed by atoms with van der Waals surface area (Å²) in [5, 5.41) is 0. The van der Waals surface area contributed by atoms with Crippen molar-refractivity contribution >= 4 is 0 Å². The summed E-state index contributed by atoms with van der Waals surface area (Å²) in [5.74, 6) is 0.528. The Labute approximate surface area is 144 Å². The first-order valence-electron chi connectivity index (χ1n) is 9.47. The molecule has 0 saturated carbocycles. The lowest BCUT2D eigenvalue weighted by Gasteiger charge is -2.37. The van der Waals surface area contributed by atoms with Crippen LogP contribution in [0.2, 0.25) is 0 Å². The molecule has 0 fully saturated rings. The second-order valence-electron chi connectivity index (χ2n) is 7.61. The van der Waals surface area contributed by atoms with Gasteiger partial charge in [-0.25, -0.2) is 0 Å². The molecule has 1 radical (unpaired) electrons. The number of benzene rings is 1. The topological polar surface area (TPSA) is 9.23 Å². The SMILES string of the molecule is CCCCCC(C)(C)[C](OCc1ccccc1C)C(C)CCC. The lowest BCUT2D eigenvalue weighted by Crippen LogP contribution is -2.30. The third-order valence-corrected chi connectivity index (χ3v) is 4.89. The fourth-order valence-corrected chi connectivity index (χ4v) is 3.44. The Morgan fingerprint density at radius 3 is 2.39 bits per heavy atom. The summed E-state index contributed by atoms with van der Waals surface area (Å²) in [7, 11) is 0. The van der Waals surface area contributed by atoms with Crippen LogP contribution in [0.25, 0.3) is 0 Å². The van der Waals surface area contributed by atoms with Gasteiger partial charge in [0, 0.05) is 0 Å². The molecular formula is C22H37O. The molecular weight excluding hydrogens is 280 g/mol. The maximum absolute atomic E-state index is 6.44. The molecule has 1 rings (SSSR count). The van der Waals surface area contributed by atoms with E-state index in [2.05, 4.69) is 65.8 Å². The van der Waals surface area contributed by atoms with E-state index in [4.69, 9.17) is 4.74 Å². The van der Waals surface area contributed by atoms with Crippen molar-refractivity contribution in [3.63, 3.8) is 0 Å². The molecule has 1 aromatic carbocycles. The van der Waals surface area contributed by atoms with Gasteiger partial charge in [0.2, 0.25) is 0 Å². The molecule has 1 atom stereocenters. The van der Waals surface area contributed by atoms with Crippen LogP contribution in [0.3, 0.4) is 0 Å². The average Bonchev–Trinajstić information content (AvgIpc) is 2.49. The van der Waals surface area contributed by atoms with Crippen LogP contribution in [0.4, 0.5) is 0 Å². The molecule has 23 heavy (non-hydrogen) atoms. The first-order chi connectivity index (χ1) is 10.9. The van der Waals surface area contributed by atoms with Gasteiger partial charge in [0.05, 0.1) is 6.61 Å². The van der Waals surface area contributed by atoms with E-state index in [0.29, 0.717) is 12.5 Å². The predicted molar refractivity (Wildman–Crippen MR) is 101 cm³/mol. The molecule has 0 aliphatic heterocycles. The molecule has 0 saturated heterocycles. The van der Waals surface area contributed by atoms with Crippen LogP contribution in [-0.4, -0.2) is 0 Å². The lowest BCUT2D eigenvalue weighted by atomic mass is 9.75. The normalized spacial score (nSPS) is 13.5. The minimum absolute atomic E-state index is 0.159. The van der Waals surface area contributed by atoms with E-state index in [1.54, 1.807) is 0 Å². The fraction of sp³-hybridized carbons (Fsp3) is 0.682. The minimum Gasteiger partial charge on any atom is -0.366 e. The van der Waals surface area contributed by atoms with Crippen molar-refractivity contribution in [2.75, 3.05) is 0 Å². The summed E-state index contributed by atoms with van der Waals surface area (Å²) < 4.78 is 6.44. The van der Waals surface area contributed by atoms with E-state index in [1.165, 1.54) is 55.8 Å². The fourth-order valence-electron chi connectivity index (χ4n) is 3.44. The molecule has 0 heterocycles. The molecule has 1 heteroatoms. The zero-order valence-corrected chi connectivity index (χ0v) is 16.2. The Morgan fingerprint density at radius 2 is 1.78 bits per heavy atom. The van der Waals surface area contributed by atoms with Crippen molar-refractivity contribution in [3.8, 4) is 0 Å². The highest BCUT2D eigenvalue weighted by atomic mass is 16.5. The lowest BCUT2D eigenvalue weighted by molar-refractivity contribution is 0.0179. The van der Waals surface area contributed by atoms with Crippen LogP contribution in [-0.2, 0) is 11.3 Å². The van der Waals surface area contributed by atoms with Crippen molar-refractivity contribution in [3.05, 3.63) is 41.5 Å². The van der Waals surface area contributed by atoms with Crippen molar-refractivity contribution in [2.24, 2.45) is 11.3 Å². The first-order valence-corrected chi connectivity index (χ1v) is 9.47. The van der Waals surface area contributed by atoms with E-state index in [9.17, 15) is 0 Å². The van der Waals surface area contributed by atoms with Crippen molar-refractivity contribution in [2.45, 2.75) is 86.7 Å². The molecule has 0 spiro atoms. The van der Waals surface area contributed by atoms with Gasteiger partial charge in [-0.3, -0.25) is 0 Å². The second-order valence-corrected chi connectivity index (χ2v) is 7.61. The predicted octanol–water partition coefficient (Wildman–Crippen LogP) is 7.09. The van der Waals surface area contributed by atoms with Gasteiger partial charge in [-0.05, 0) is 42.2 Å². The zero-order chi connectivity index (χ0) is 17.3. The molecule has 0 amide bonds. The van der Waals surface area contributed by atoms with Gasteiger partial charge in [0.15, 0.2) is 0 Å². The molecule has 1 nitrogen and oxygen atoms in total. The number of ether oxygens (including phenoxy) is 1. The maximum atomic E-state index is 6.44. The quantitative estimate of drug-likeness (QED) is 0.396. The molecule has 0 bridgehead atoms. The third-order valence-electron chi connectivity index (χ3n) is 4.89. The molecule has 1 unspecified atom stereocenters. The summed E-state index contributed by atoms with van der Waals surface area (Å²) in [6, 6.07) is 8.55. The molecule has 0 aliphatic carbocycles. The largest absolute Gasteiger partial charge is 0.366 e. The molecule has 0 aromatic heterocycles. The van der Waals surface area contributed by atoms with Crippen LogP contribution in [0.1, 0.15) is 84.3 Å². The smallest absolute Gasteiger partial charge is 0.106 e. The van der Waals surface area contributed by atoms with Crippen molar-refractivity contribution < 1.29 is 4.74 Å². The average molecular weight is 318 g/mol. The van der Waals surface area contributed by atoms with Crippen LogP contribution < -0.4 is 0 Å². The molecule has 0 aliphatic rings. The maximum Gasteiger partial charge on any atom is 0.106 e. The summed E-state index contributed by atoms with van der Waals surface area (Å²) in [5.41, 5.74) is 2.78. The second kappa shape index (κ2) is 10.1. The van der Waals surface area contributed by atoms with Crippen LogP contribution >= 0.6 is 0 Å². The van der Waals surface area contributed by atoms with E-state index in [0.717, 1.165) is 0 Å². The van der Waals surface area contributed by atoms with Gasteiger partial charge in [-0.1, -0.05) is 84.6 Å². The van der Waals surface area contributed by atoms with Crippen molar-refractivity contribution in [1.29, 1.82) is 0 Å². The Kier molecular flexibility index (Phi) is 8.91. The molecule has 131 valence electrons. The number of hydrogen-bond donors (Lipinski definition) is 0. The molecule has 1 aromatic rings. The van der Waals surface area contributed by atoms with Gasteiger partial charge in [-0.15, -0.1) is 0 Å². The van der Waals surface area contributed by atoms with Crippen LogP contribution in [0.15, 0.2) is 24.3 Å². The van der Waals surface area contributed by atoms with Crippen LogP contribution in [0, 0.1) is 24.4 Å². The molecule has 0 N–H and O–H groups in total. The van der Waals surface area contributed by atoms with E-state index in [1.807, 2.05) is 0 Å². The summed E-state index contributed by atoms with van der Waals surface area (Å²) in [6.07, 6.45) is 8.83. The highest BCUT2D eigenvalue weighted by molar-refractivity contribution is 5.24. The Hall–Kier alpha value is -0.820. The standard InChI is InChI=1S/C22H37O/c1-7-9-12-16-22(5,6)21(19(4)13-8-2)23-17-20-15-11-10-14-18(20)3/h10-11,14-15,19H,7-9,12-13,16-17H2,1-6H3. The van der Waals surface area contributed by atoms with Gasteiger partial charge in [0.1, 0.15) is 6.10 Å². The Balaban J connectivity index is 2.77. The van der Waals surface area contributed by atoms with Gasteiger partial charge in [0.25, 0.3) is 0 Å². The first kappa shape index (κ1) is 20.2. The highest BCUT2D eigenvalue weighted by Gasteiger charge is 2.35. The van der Waals surface area contributed by atoms with E-state index >= 15 is 0 Å². The number of aryl methyl sites for hydroxylation is 1. The van der Waals surface area contributed by atoms with Gasteiger partial charge in [-0.2, -0.15) is 0 Å². The van der Waals surface area contributed by atoms with Gasteiger partial charge < -0.3 is 4.74 Å². The van der Waals surface area contributed by atoms with E-state index in [-0.39, 0.29) is 5.41 Å². The zero-order valence-electron chi connectivity index (χ0n) is 16.2. The van der Waals surface area contributed by atoms with E-state index < -0.39 is 0 Å². The summed E-state index contributed by atoms with van der Waals surface area (Å²) in [6.45, 7) is 14.5. The summed E-state index contributed by atoms with van der Waals surface area (Å²) in [4.78, 5) is 0. The third kappa shape index (κ3) is 6.67. The Bertz CT molecular complexity index is 435. The minimum atomic E-state index is 0.159. The van der Waals surface area contributed by atoms with Gasteiger partial charge >= 0.3 is 0 Å². The number of unbranched alkanes of at least 4 members (excludes halogenated alkanes) is 2. The monoisotopic (exact) mass is 317 g/mol.